The number of carbonyl (C=O) groups is 1. The number of hydrogen-bond acceptors (Lipinski definition) is 4. The molecule has 6 heteroatoms. The molecule has 0 unspecified atom stereocenters. The predicted octanol–water partition coefficient (Wildman–Crippen LogP) is 2.31. The van der Waals surface area contributed by atoms with Crippen molar-refractivity contribution >= 4 is 18.1 Å². The van der Waals surface area contributed by atoms with E-state index in [9.17, 15) is 4.79 Å². The lowest BCUT2D eigenvalue weighted by Gasteiger charge is -2.26. The number of aromatic amines is 1. The summed E-state index contributed by atoms with van der Waals surface area (Å²) >= 11 is 5.08. The second-order valence-corrected chi connectivity index (χ2v) is 5.03. The Bertz CT molecular complexity index is 714. The van der Waals surface area contributed by atoms with E-state index in [0.717, 1.165) is 5.75 Å². The second-order valence-electron chi connectivity index (χ2n) is 4.62. The average Bonchev–Trinajstić information content (AvgIpc) is 2.53. The molecule has 0 spiro atoms. The quantitative estimate of drug-likeness (QED) is 0.854. The number of amides is 1. The summed E-state index contributed by atoms with van der Waals surface area (Å²) in [6.07, 6.45) is 1.47. The zero-order chi connectivity index (χ0) is 14.7. The zero-order valence-electron chi connectivity index (χ0n) is 11.2. The maximum absolute atomic E-state index is 12.1. The molecule has 1 amide bonds. The number of nitrogens with one attached hydrogen (secondary N) is 2. The molecule has 21 heavy (non-hydrogen) atoms. The molecule has 0 saturated heterocycles. The van der Waals surface area contributed by atoms with E-state index in [1.54, 1.807) is 18.3 Å². The molecule has 2 heterocycles. The number of para-hydroxylation sites is 2. The Balaban J connectivity index is 1.61. The lowest BCUT2D eigenvalue weighted by molar-refractivity contribution is 0.0789. The van der Waals surface area contributed by atoms with Crippen LogP contribution in [0.1, 0.15) is 10.4 Å². The van der Waals surface area contributed by atoms with Crippen LogP contribution in [0.4, 0.5) is 0 Å². The van der Waals surface area contributed by atoms with Crippen molar-refractivity contribution in [3.8, 4) is 11.5 Å². The molecular weight excluding hydrogens is 288 g/mol. The largest absolute Gasteiger partial charge is 0.486 e. The maximum atomic E-state index is 12.1. The van der Waals surface area contributed by atoms with Crippen LogP contribution in [0.15, 0.2) is 42.6 Å². The van der Waals surface area contributed by atoms with Gasteiger partial charge in [0.2, 0.25) is 0 Å². The number of hydrogen-bond donors (Lipinski definition) is 2. The van der Waals surface area contributed by atoms with Gasteiger partial charge in [0.15, 0.2) is 11.5 Å². The van der Waals surface area contributed by atoms with Crippen molar-refractivity contribution in [2.75, 3.05) is 13.2 Å². The summed E-state index contributed by atoms with van der Waals surface area (Å²) in [5.41, 5.74) is 0.449. The molecule has 1 aromatic carbocycles. The fourth-order valence-electron chi connectivity index (χ4n) is 2.07. The van der Waals surface area contributed by atoms with Gasteiger partial charge in [0.25, 0.3) is 5.91 Å². The fourth-order valence-corrected chi connectivity index (χ4v) is 2.29. The standard InChI is InChI=1S/C15H14N2O3S/c18-14(11-4-3-7-16-15(11)21)17-8-10-9-19-12-5-1-2-6-13(12)20-10/h1-7,10H,8-9H2,(H,16,21)(H,17,18)/t10-/m0/s1. The molecule has 0 saturated carbocycles. The van der Waals surface area contributed by atoms with E-state index in [1.807, 2.05) is 24.3 Å². The second kappa shape index (κ2) is 5.97. The minimum atomic E-state index is -0.223. The molecule has 1 aromatic heterocycles. The topological polar surface area (TPSA) is 63.4 Å². The monoisotopic (exact) mass is 302 g/mol. The lowest BCUT2D eigenvalue weighted by atomic mass is 10.2. The van der Waals surface area contributed by atoms with Crippen molar-refractivity contribution in [2.24, 2.45) is 0 Å². The first-order chi connectivity index (χ1) is 10.2. The summed E-state index contributed by atoms with van der Waals surface area (Å²) < 4.78 is 11.8. The highest BCUT2D eigenvalue weighted by molar-refractivity contribution is 7.71. The third kappa shape index (κ3) is 3.05. The van der Waals surface area contributed by atoms with Crippen LogP contribution < -0.4 is 14.8 Å². The van der Waals surface area contributed by atoms with Gasteiger partial charge in [-0.25, -0.2) is 0 Å². The van der Waals surface area contributed by atoms with Crippen LogP contribution >= 0.6 is 12.2 Å². The number of rotatable bonds is 3. The minimum Gasteiger partial charge on any atom is -0.486 e. The van der Waals surface area contributed by atoms with Crippen molar-refractivity contribution < 1.29 is 14.3 Å². The van der Waals surface area contributed by atoms with Crippen molar-refractivity contribution in [2.45, 2.75) is 6.10 Å². The normalized spacial score (nSPS) is 16.3. The van der Waals surface area contributed by atoms with E-state index in [1.165, 1.54) is 0 Å². The van der Waals surface area contributed by atoms with E-state index in [4.69, 9.17) is 21.7 Å². The SMILES string of the molecule is O=C(NC[C@H]1COc2ccccc2O1)c1ccc[nH]c1=S. The Hall–Kier alpha value is -2.34. The summed E-state index contributed by atoms with van der Waals surface area (Å²) in [4.78, 5) is 14.9. The molecule has 1 aliphatic rings. The van der Waals surface area contributed by atoms with Crippen LogP contribution in [0.5, 0.6) is 11.5 Å². The van der Waals surface area contributed by atoms with Crippen LogP contribution in [0, 0.1) is 4.64 Å². The van der Waals surface area contributed by atoms with Gasteiger partial charge in [-0.2, -0.15) is 0 Å². The third-order valence-electron chi connectivity index (χ3n) is 3.12. The highest BCUT2D eigenvalue weighted by Gasteiger charge is 2.21. The van der Waals surface area contributed by atoms with E-state index < -0.39 is 0 Å². The molecule has 0 aliphatic carbocycles. The average molecular weight is 302 g/mol. The molecule has 5 nitrogen and oxygen atoms in total. The van der Waals surface area contributed by atoms with Crippen LogP contribution in [-0.4, -0.2) is 30.1 Å². The number of ether oxygens (including phenoxy) is 2. The molecule has 108 valence electrons. The van der Waals surface area contributed by atoms with Gasteiger partial charge >= 0.3 is 0 Å². The van der Waals surface area contributed by atoms with Crippen LogP contribution in [-0.2, 0) is 0 Å². The van der Waals surface area contributed by atoms with Gasteiger partial charge in [-0.3, -0.25) is 4.79 Å². The lowest BCUT2D eigenvalue weighted by Crippen LogP contribution is -2.40. The van der Waals surface area contributed by atoms with E-state index in [-0.39, 0.29) is 12.0 Å². The fraction of sp³-hybridized carbons (Fsp3) is 0.200. The first-order valence-corrected chi connectivity index (χ1v) is 6.99. The Labute approximate surface area is 126 Å². The number of pyridine rings is 1. The van der Waals surface area contributed by atoms with Gasteiger partial charge in [-0.1, -0.05) is 24.4 Å². The summed E-state index contributed by atoms with van der Waals surface area (Å²) in [5.74, 6) is 1.20. The molecular formula is C15H14N2O3S. The highest BCUT2D eigenvalue weighted by atomic mass is 32.1. The Morgan fingerprint density at radius 3 is 2.90 bits per heavy atom. The number of fused-ring (bicyclic) bond motifs is 1. The van der Waals surface area contributed by atoms with E-state index in [0.29, 0.717) is 29.1 Å². The molecule has 1 aliphatic heterocycles. The first-order valence-electron chi connectivity index (χ1n) is 6.58. The van der Waals surface area contributed by atoms with Crippen molar-refractivity contribution in [1.82, 2.24) is 10.3 Å². The van der Waals surface area contributed by atoms with Crippen molar-refractivity contribution in [3.63, 3.8) is 0 Å². The van der Waals surface area contributed by atoms with Crippen molar-refractivity contribution in [3.05, 3.63) is 52.8 Å². The smallest absolute Gasteiger partial charge is 0.254 e. The highest BCUT2D eigenvalue weighted by Crippen LogP contribution is 2.30. The summed E-state index contributed by atoms with van der Waals surface area (Å²) in [6, 6.07) is 10.9. The summed E-state index contributed by atoms with van der Waals surface area (Å²) in [7, 11) is 0. The maximum Gasteiger partial charge on any atom is 0.254 e. The van der Waals surface area contributed by atoms with E-state index in [2.05, 4.69) is 10.3 Å². The Morgan fingerprint density at radius 1 is 1.29 bits per heavy atom. The molecule has 1 atom stereocenters. The first kappa shape index (κ1) is 13.6. The summed E-state index contributed by atoms with van der Waals surface area (Å²) in [5, 5.41) is 2.81. The summed E-state index contributed by atoms with van der Waals surface area (Å²) in [6.45, 7) is 0.760. The van der Waals surface area contributed by atoms with Gasteiger partial charge in [0.05, 0.1) is 12.1 Å². The molecule has 0 radical (unpaired) electrons. The molecule has 3 rings (SSSR count). The van der Waals surface area contributed by atoms with Gasteiger partial charge < -0.3 is 19.8 Å². The minimum absolute atomic E-state index is 0.217. The van der Waals surface area contributed by atoms with Crippen LogP contribution in [0.2, 0.25) is 0 Å². The molecule has 0 bridgehead atoms. The van der Waals surface area contributed by atoms with Gasteiger partial charge in [0, 0.05) is 6.20 Å². The van der Waals surface area contributed by atoms with E-state index >= 15 is 0 Å². The Morgan fingerprint density at radius 2 is 2.10 bits per heavy atom. The van der Waals surface area contributed by atoms with Gasteiger partial charge in [0.1, 0.15) is 17.4 Å². The van der Waals surface area contributed by atoms with Crippen molar-refractivity contribution in [1.29, 1.82) is 0 Å². The van der Waals surface area contributed by atoms with Crippen LogP contribution in [0.3, 0.4) is 0 Å². The van der Waals surface area contributed by atoms with Crippen LogP contribution in [0.25, 0.3) is 0 Å². The van der Waals surface area contributed by atoms with Gasteiger partial charge in [-0.05, 0) is 24.3 Å². The third-order valence-corrected chi connectivity index (χ3v) is 3.46. The van der Waals surface area contributed by atoms with Gasteiger partial charge in [-0.15, -0.1) is 0 Å². The number of H-pyrrole nitrogens is 1. The molecule has 0 fully saturated rings. The molecule has 2 N–H and O–H groups in total. The number of carbonyl (C=O) groups excluding carboxylic acids is 1. The molecule has 2 aromatic rings. The predicted molar refractivity (Wildman–Crippen MR) is 80.3 cm³/mol. The number of aromatic nitrogens is 1. The zero-order valence-corrected chi connectivity index (χ0v) is 12.0. The Kier molecular flexibility index (Phi) is 3.87. The number of benzene rings is 1.